The van der Waals surface area contributed by atoms with Crippen LogP contribution in [0.1, 0.15) is 41.5 Å². The van der Waals surface area contributed by atoms with Crippen molar-refractivity contribution < 1.29 is 29.0 Å². The first-order valence-electron chi connectivity index (χ1n) is 8.49. The molecule has 6 nitrogen and oxygen atoms in total. The molecule has 0 heterocycles. The van der Waals surface area contributed by atoms with Crippen molar-refractivity contribution in [1.29, 1.82) is 0 Å². The van der Waals surface area contributed by atoms with Crippen molar-refractivity contribution in [2.75, 3.05) is 6.61 Å². The van der Waals surface area contributed by atoms with E-state index < -0.39 is 29.2 Å². The number of Topliss-reactive ketones (excluding diaryl/α,β-unsaturated/α-hetero) is 2. The Morgan fingerprint density at radius 2 is 1.56 bits per heavy atom. The molecule has 6 heteroatoms. The van der Waals surface area contributed by atoms with Crippen LogP contribution in [0.25, 0.3) is 0 Å². The maximum absolute atomic E-state index is 12.0. The summed E-state index contributed by atoms with van der Waals surface area (Å²) in [6, 6.07) is 14.4. The molecule has 1 atom stereocenters. The highest BCUT2D eigenvalue weighted by molar-refractivity contribution is 6.40. The van der Waals surface area contributed by atoms with Crippen LogP contribution in [0.4, 0.5) is 0 Å². The van der Waals surface area contributed by atoms with Crippen LogP contribution in [0, 0.1) is 0 Å². The summed E-state index contributed by atoms with van der Waals surface area (Å²) >= 11 is 0. The average molecular weight is 370 g/mol. The number of hydrogen-bond acceptors (Lipinski definition) is 6. The lowest BCUT2D eigenvalue weighted by Gasteiger charge is -2.16. The van der Waals surface area contributed by atoms with Crippen LogP contribution in [0.5, 0.6) is 5.75 Å². The highest BCUT2D eigenvalue weighted by Gasteiger charge is 2.25. The maximum Gasteiger partial charge on any atom is 0.380 e. The van der Waals surface area contributed by atoms with E-state index in [9.17, 15) is 19.5 Å². The van der Waals surface area contributed by atoms with E-state index in [1.54, 1.807) is 61.5 Å². The quantitative estimate of drug-likeness (QED) is 0.437. The summed E-state index contributed by atoms with van der Waals surface area (Å²) in [6.07, 6.45) is -0.636. The molecule has 0 saturated carbocycles. The normalized spacial score (nSPS) is 12.1. The van der Waals surface area contributed by atoms with E-state index >= 15 is 0 Å². The molecule has 0 aliphatic heterocycles. The molecule has 142 valence electrons. The van der Waals surface area contributed by atoms with E-state index in [-0.39, 0.29) is 12.2 Å². The van der Waals surface area contributed by atoms with E-state index in [2.05, 4.69) is 0 Å². The molecule has 0 aliphatic carbocycles. The van der Waals surface area contributed by atoms with Gasteiger partial charge < -0.3 is 14.6 Å². The van der Waals surface area contributed by atoms with Gasteiger partial charge in [-0.3, -0.25) is 9.59 Å². The van der Waals surface area contributed by atoms with Crippen LogP contribution in [0.3, 0.4) is 0 Å². The van der Waals surface area contributed by atoms with Gasteiger partial charge in [-0.25, -0.2) is 4.79 Å². The van der Waals surface area contributed by atoms with Crippen molar-refractivity contribution in [2.24, 2.45) is 0 Å². The lowest BCUT2D eigenvalue weighted by atomic mass is 9.97. The molecule has 2 rings (SSSR count). The molecular formula is C21H22O6. The van der Waals surface area contributed by atoms with Crippen LogP contribution < -0.4 is 4.74 Å². The Hall–Kier alpha value is -2.99. The lowest BCUT2D eigenvalue weighted by molar-refractivity contribution is -0.143. The fourth-order valence-corrected chi connectivity index (χ4v) is 2.25. The Bertz CT molecular complexity index is 803. The zero-order valence-electron chi connectivity index (χ0n) is 15.5. The third kappa shape index (κ3) is 5.76. The molecule has 0 saturated heterocycles. The van der Waals surface area contributed by atoms with Gasteiger partial charge in [0.25, 0.3) is 5.78 Å². The molecule has 27 heavy (non-hydrogen) atoms. The molecule has 1 N–H and O–H groups in total. The van der Waals surface area contributed by atoms with E-state index in [1.807, 2.05) is 0 Å². The number of ether oxygens (including phenoxy) is 2. The minimum absolute atomic E-state index is 0.0482. The number of rotatable bonds is 8. The summed E-state index contributed by atoms with van der Waals surface area (Å²) in [7, 11) is 0. The smallest absolute Gasteiger partial charge is 0.380 e. The van der Waals surface area contributed by atoms with Gasteiger partial charge in [0, 0.05) is 11.1 Å². The molecule has 0 spiro atoms. The van der Waals surface area contributed by atoms with Crippen LogP contribution in [0.15, 0.2) is 54.6 Å². The van der Waals surface area contributed by atoms with Gasteiger partial charge in [-0.15, -0.1) is 0 Å². The average Bonchev–Trinajstić information content (AvgIpc) is 2.65. The second kappa shape index (κ2) is 8.60. The van der Waals surface area contributed by atoms with Crippen molar-refractivity contribution in [3.8, 4) is 5.75 Å². The number of hydrogen-bond donors (Lipinski definition) is 1. The fraction of sp³-hybridized carbons (Fsp3) is 0.286. The van der Waals surface area contributed by atoms with Gasteiger partial charge in [0.05, 0.1) is 0 Å². The first-order valence-corrected chi connectivity index (χ1v) is 8.49. The largest absolute Gasteiger partial charge is 0.490 e. The van der Waals surface area contributed by atoms with Crippen molar-refractivity contribution in [1.82, 2.24) is 0 Å². The molecule has 2 aromatic rings. The molecule has 0 aromatic heterocycles. The topological polar surface area (TPSA) is 89.9 Å². The molecule has 0 aliphatic rings. The summed E-state index contributed by atoms with van der Waals surface area (Å²) in [5, 5.41) is 9.74. The molecule has 0 radical (unpaired) electrons. The summed E-state index contributed by atoms with van der Waals surface area (Å²) in [5.41, 5.74) is -0.818. The first-order chi connectivity index (χ1) is 12.7. The Labute approximate surface area is 157 Å². The van der Waals surface area contributed by atoms with Crippen LogP contribution in [0.2, 0.25) is 0 Å². The summed E-state index contributed by atoms with van der Waals surface area (Å²) in [5.74, 6) is -1.57. The van der Waals surface area contributed by atoms with Crippen molar-refractivity contribution >= 4 is 17.5 Å². The van der Waals surface area contributed by atoms with Gasteiger partial charge in [-0.05, 0) is 45.0 Å². The zero-order chi connectivity index (χ0) is 20.0. The molecule has 1 unspecified atom stereocenters. The highest BCUT2D eigenvalue weighted by Crippen LogP contribution is 2.17. The van der Waals surface area contributed by atoms with Gasteiger partial charge in [-0.1, -0.05) is 30.3 Å². The van der Waals surface area contributed by atoms with E-state index in [0.29, 0.717) is 11.3 Å². The number of aliphatic hydroxyl groups is 1. The molecule has 0 fully saturated rings. The highest BCUT2D eigenvalue weighted by atomic mass is 16.6. The number of esters is 1. The third-order valence-electron chi connectivity index (χ3n) is 3.69. The molecule has 0 bridgehead atoms. The first kappa shape index (κ1) is 20.3. The minimum atomic E-state index is -1.45. The predicted molar refractivity (Wildman–Crippen MR) is 98.9 cm³/mol. The summed E-state index contributed by atoms with van der Waals surface area (Å²) < 4.78 is 10.6. The van der Waals surface area contributed by atoms with Gasteiger partial charge in [0.15, 0.2) is 5.78 Å². The summed E-state index contributed by atoms with van der Waals surface area (Å²) in [6.45, 7) is 4.51. The van der Waals surface area contributed by atoms with Gasteiger partial charge in [0.2, 0.25) is 0 Å². The number of ketones is 2. The number of carbonyl (C=O) groups excluding carboxylic acids is 3. The third-order valence-corrected chi connectivity index (χ3v) is 3.69. The maximum atomic E-state index is 12.0. The van der Waals surface area contributed by atoms with E-state index in [1.165, 1.54) is 13.8 Å². The zero-order valence-corrected chi connectivity index (χ0v) is 15.5. The van der Waals surface area contributed by atoms with E-state index in [4.69, 9.17) is 9.47 Å². The Balaban J connectivity index is 1.86. The van der Waals surface area contributed by atoms with Crippen molar-refractivity contribution in [2.45, 2.75) is 32.5 Å². The Morgan fingerprint density at radius 1 is 0.963 bits per heavy atom. The molecule has 0 amide bonds. The van der Waals surface area contributed by atoms with Gasteiger partial charge in [-0.2, -0.15) is 0 Å². The fourth-order valence-electron chi connectivity index (χ4n) is 2.25. The number of carbonyl (C=O) groups is 3. The van der Waals surface area contributed by atoms with Gasteiger partial charge >= 0.3 is 5.97 Å². The van der Waals surface area contributed by atoms with Crippen LogP contribution in [-0.2, 0) is 9.53 Å². The minimum Gasteiger partial charge on any atom is -0.490 e. The standard InChI is InChI=1S/C21H22O6/c1-14(27-20(24)18(22)15-7-5-4-6-8-15)13-26-17-11-9-16(10-12-17)19(23)21(2,3)25/h4-12,14,25H,13H2,1-3H3. The van der Waals surface area contributed by atoms with Crippen LogP contribution >= 0.6 is 0 Å². The SMILES string of the molecule is CC(COc1ccc(C(=O)C(C)(C)O)cc1)OC(=O)C(=O)c1ccccc1. The second-order valence-electron chi connectivity index (χ2n) is 6.63. The van der Waals surface area contributed by atoms with Crippen molar-refractivity contribution in [3.63, 3.8) is 0 Å². The van der Waals surface area contributed by atoms with E-state index in [0.717, 1.165) is 0 Å². The Morgan fingerprint density at radius 3 is 2.11 bits per heavy atom. The summed E-state index contributed by atoms with van der Waals surface area (Å²) in [4.78, 5) is 35.8. The molecule has 2 aromatic carbocycles. The molecular weight excluding hydrogens is 348 g/mol. The van der Waals surface area contributed by atoms with Crippen LogP contribution in [-0.4, -0.2) is 41.0 Å². The Kier molecular flexibility index (Phi) is 6.47. The van der Waals surface area contributed by atoms with Gasteiger partial charge in [0.1, 0.15) is 24.1 Å². The number of benzene rings is 2. The predicted octanol–water partition coefficient (Wildman–Crippen LogP) is 2.83. The lowest BCUT2D eigenvalue weighted by Crippen LogP contribution is -2.31. The monoisotopic (exact) mass is 370 g/mol. The second-order valence-corrected chi connectivity index (χ2v) is 6.63. The van der Waals surface area contributed by atoms with Crippen molar-refractivity contribution in [3.05, 3.63) is 65.7 Å².